The monoisotopic (exact) mass is 497 g/mol. The Morgan fingerprint density at radius 2 is 1.81 bits per heavy atom. The molecule has 0 bridgehead atoms. The number of carbonyl (C=O) groups is 2. The molecule has 8 heteroatoms. The van der Waals surface area contributed by atoms with Crippen LogP contribution >= 0.6 is 0 Å². The van der Waals surface area contributed by atoms with Crippen LogP contribution in [0.1, 0.15) is 44.2 Å². The van der Waals surface area contributed by atoms with Gasteiger partial charge in [0, 0.05) is 56.4 Å². The van der Waals surface area contributed by atoms with Crippen LogP contribution in [0.25, 0.3) is 21.9 Å². The molecule has 0 saturated carbocycles. The normalized spacial score (nSPS) is 17.2. The number of hydrogen-bond donors (Lipinski definition) is 1. The van der Waals surface area contributed by atoms with Gasteiger partial charge in [-0.1, -0.05) is 26.0 Å². The van der Waals surface area contributed by atoms with Crippen LogP contribution in [-0.4, -0.2) is 37.0 Å². The van der Waals surface area contributed by atoms with Gasteiger partial charge in [-0.3, -0.25) is 23.6 Å². The van der Waals surface area contributed by atoms with Crippen LogP contribution < -0.4 is 11.0 Å². The molecule has 4 aromatic rings. The molecular weight excluding hydrogens is 466 g/mol. The van der Waals surface area contributed by atoms with Crippen LogP contribution in [0.5, 0.6) is 0 Å². The van der Waals surface area contributed by atoms with Crippen molar-refractivity contribution in [2.24, 2.45) is 20.0 Å². The minimum atomic E-state index is -0.384. The first-order valence-electron chi connectivity index (χ1n) is 12.8. The van der Waals surface area contributed by atoms with Gasteiger partial charge in [-0.15, -0.1) is 0 Å². The molecule has 6 rings (SSSR count). The van der Waals surface area contributed by atoms with Gasteiger partial charge in [0.25, 0.3) is 5.91 Å². The van der Waals surface area contributed by atoms with E-state index in [1.807, 2.05) is 30.3 Å². The molecule has 0 saturated heterocycles. The molecule has 190 valence electrons. The first kappa shape index (κ1) is 23.3. The van der Waals surface area contributed by atoms with Gasteiger partial charge in [-0.2, -0.15) is 0 Å². The van der Waals surface area contributed by atoms with Gasteiger partial charge in [0.1, 0.15) is 0 Å². The number of aromatic nitrogens is 3. The highest BCUT2D eigenvalue weighted by Crippen LogP contribution is 2.46. The summed E-state index contributed by atoms with van der Waals surface area (Å²) < 4.78 is 5.55. The van der Waals surface area contributed by atoms with Gasteiger partial charge in [-0.25, -0.2) is 4.79 Å². The van der Waals surface area contributed by atoms with Gasteiger partial charge < -0.3 is 9.88 Å². The Balaban J connectivity index is 1.63. The van der Waals surface area contributed by atoms with Crippen molar-refractivity contribution in [3.8, 4) is 0 Å². The molecule has 2 aliphatic rings. The summed E-state index contributed by atoms with van der Waals surface area (Å²) in [5.74, 6) is -0.363. The fourth-order valence-electron chi connectivity index (χ4n) is 5.91. The van der Waals surface area contributed by atoms with Gasteiger partial charge in [0.2, 0.25) is 5.91 Å². The molecule has 0 radical (unpaired) electrons. The highest BCUT2D eigenvalue weighted by atomic mass is 16.2. The highest BCUT2D eigenvalue weighted by Gasteiger charge is 2.41. The van der Waals surface area contributed by atoms with Gasteiger partial charge >= 0.3 is 5.69 Å². The number of hydrogen-bond acceptors (Lipinski definition) is 4. The van der Waals surface area contributed by atoms with Crippen LogP contribution in [0.15, 0.2) is 58.7 Å². The lowest BCUT2D eigenvalue weighted by atomic mass is 9.84. The second-order valence-corrected chi connectivity index (χ2v) is 10.7. The van der Waals surface area contributed by atoms with Crippen molar-refractivity contribution in [3.05, 3.63) is 75.5 Å². The van der Waals surface area contributed by atoms with Crippen molar-refractivity contribution in [2.45, 2.75) is 39.7 Å². The molecule has 0 spiro atoms. The maximum Gasteiger partial charge on any atom is 0.328 e. The maximum absolute atomic E-state index is 13.7. The van der Waals surface area contributed by atoms with E-state index in [1.54, 1.807) is 23.2 Å². The van der Waals surface area contributed by atoms with E-state index in [-0.39, 0.29) is 30.0 Å². The molecule has 0 fully saturated rings. The van der Waals surface area contributed by atoms with Crippen molar-refractivity contribution in [1.29, 1.82) is 0 Å². The molecule has 37 heavy (non-hydrogen) atoms. The number of nitrogens with one attached hydrogen (secondary N) is 1. The fraction of sp³-hybridized carbons (Fsp3) is 0.345. The molecule has 4 heterocycles. The average Bonchev–Trinajstić information content (AvgIpc) is 3.42. The summed E-state index contributed by atoms with van der Waals surface area (Å²) >= 11 is 0. The van der Waals surface area contributed by atoms with Crippen molar-refractivity contribution in [1.82, 2.24) is 18.6 Å². The van der Waals surface area contributed by atoms with Crippen LogP contribution in [0.4, 0.5) is 5.69 Å². The predicted octanol–water partition coefficient (Wildman–Crippen LogP) is 4.08. The average molecular weight is 498 g/mol. The molecule has 2 amide bonds. The third kappa shape index (κ3) is 3.38. The Hall–Kier alpha value is -4.07. The zero-order valence-electron chi connectivity index (χ0n) is 21.8. The Morgan fingerprint density at radius 1 is 1.05 bits per heavy atom. The molecule has 2 aliphatic heterocycles. The standard InChI is InChI=1S/C29H31N5O3/c1-16(2)11-12-33-14-19-25(18-9-10-22-24(13-18)32(5)29(37)31(22)4)27-21(15-34(17(3)35)28(27)36)30-20-7-6-8-23(33)26(19)20/h6-10,13-14,16,25,30H,11-12,15H2,1-5H3/t25-/m1/s1. The Kier molecular flexibility index (Phi) is 5.19. The van der Waals surface area contributed by atoms with Crippen LogP contribution in [0, 0.1) is 5.92 Å². The number of amides is 2. The SMILES string of the molecule is CC(=O)N1CC2=C(C1=O)[C@H](c1ccc3c(c1)n(C)c(=O)n3C)c1cn(CCC(C)C)c3cccc(c13)N2. The number of fused-ring (bicyclic) bond motifs is 1. The molecule has 8 nitrogen and oxygen atoms in total. The van der Waals surface area contributed by atoms with E-state index < -0.39 is 0 Å². The van der Waals surface area contributed by atoms with E-state index in [0.29, 0.717) is 11.5 Å². The number of imidazole rings is 1. The maximum atomic E-state index is 13.7. The molecule has 2 aromatic carbocycles. The molecular formula is C29H31N5O3. The van der Waals surface area contributed by atoms with Crippen molar-refractivity contribution in [3.63, 3.8) is 0 Å². The van der Waals surface area contributed by atoms with E-state index >= 15 is 0 Å². The number of benzene rings is 2. The third-order valence-corrected chi connectivity index (χ3v) is 7.89. The lowest BCUT2D eigenvalue weighted by Gasteiger charge is -2.20. The summed E-state index contributed by atoms with van der Waals surface area (Å²) in [7, 11) is 3.53. The van der Waals surface area contributed by atoms with Crippen molar-refractivity contribution in [2.75, 3.05) is 11.9 Å². The van der Waals surface area contributed by atoms with Gasteiger partial charge in [0.15, 0.2) is 0 Å². The Bertz CT molecular complexity index is 1710. The fourth-order valence-corrected chi connectivity index (χ4v) is 5.91. The summed E-state index contributed by atoms with van der Waals surface area (Å²) in [6.45, 7) is 6.96. The summed E-state index contributed by atoms with van der Waals surface area (Å²) in [6, 6.07) is 12.2. The smallest absolute Gasteiger partial charge is 0.328 e. The lowest BCUT2D eigenvalue weighted by Crippen LogP contribution is -2.33. The second kappa shape index (κ2) is 8.23. The Morgan fingerprint density at radius 3 is 2.54 bits per heavy atom. The van der Waals surface area contributed by atoms with E-state index in [0.717, 1.165) is 57.4 Å². The summed E-state index contributed by atoms with van der Waals surface area (Å²) in [4.78, 5) is 40.1. The number of anilines is 1. The minimum absolute atomic E-state index is 0.0955. The third-order valence-electron chi connectivity index (χ3n) is 7.89. The number of nitrogens with zero attached hydrogens (tertiary/aromatic N) is 4. The number of carbonyl (C=O) groups excluding carboxylic acids is 2. The summed E-state index contributed by atoms with van der Waals surface area (Å²) in [5, 5.41) is 4.63. The predicted molar refractivity (Wildman–Crippen MR) is 144 cm³/mol. The summed E-state index contributed by atoms with van der Waals surface area (Å²) in [5.41, 5.74) is 6.91. The first-order chi connectivity index (χ1) is 17.7. The number of rotatable bonds is 4. The quantitative estimate of drug-likeness (QED) is 0.461. The topological polar surface area (TPSA) is 81.3 Å². The number of aryl methyl sites for hydroxylation is 3. The van der Waals surface area contributed by atoms with Crippen LogP contribution in [-0.2, 0) is 30.2 Å². The van der Waals surface area contributed by atoms with Crippen LogP contribution in [0.3, 0.4) is 0 Å². The highest BCUT2D eigenvalue weighted by molar-refractivity contribution is 6.11. The Labute approximate surface area is 214 Å². The zero-order chi connectivity index (χ0) is 26.2. The van der Waals surface area contributed by atoms with Gasteiger partial charge in [0.05, 0.1) is 28.7 Å². The lowest BCUT2D eigenvalue weighted by molar-refractivity contribution is -0.139. The molecule has 1 N–H and O–H groups in total. The zero-order valence-corrected chi connectivity index (χ0v) is 21.8. The van der Waals surface area contributed by atoms with Crippen molar-refractivity contribution < 1.29 is 9.59 Å². The van der Waals surface area contributed by atoms with Crippen LogP contribution in [0.2, 0.25) is 0 Å². The molecule has 0 unspecified atom stereocenters. The molecule has 2 aromatic heterocycles. The van der Waals surface area contributed by atoms with E-state index in [1.165, 1.54) is 11.8 Å². The minimum Gasteiger partial charge on any atom is -0.356 e. The molecule has 0 aliphatic carbocycles. The number of imide groups is 1. The van der Waals surface area contributed by atoms with Gasteiger partial charge in [-0.05, 0) is 47.7 Å². The molecule has 1 atom stereocenters. The van der Waals surface area contributed by atoms with E-state index in [2.05, 4.69) is 36.0 Å². The van der Waals surface area contributed by atoms with Crippen molar-refractivity contribution >= 4 is 39.4 Å². The first-order valence-corrected chi connectivity index (χ1v) is 12.8. The summed E-state index contributed by atoms with van der Waals surface area (Å²) in [6.07, 6.45) is 3.21. The second-order valence-electron chi connectivity index (χ2n) is 10.7. The largest absolute Gasteiger partial charge is 0.356 e. The van der Waals surface area contributed by atoms with E-state index in [4.69, 9.17) is 0 Å². The van der Waals surface area contributed by atoms with E-state index in [9.17, 15) is 14.4 Å².